The molecule has 0 atom stereocenters. The predicted octanol–water partition coefficient (Wildman–Crippen LogP) is 3.70. The predicted molar refractivity (Wildman–Crippen MR) is 107 cm³/mol. The van der Waals surface area contributed by atoms with Gasteiger partial charge in [0.2, 0.25) is 0 Å². The van der Waals surface area contributed by atoms with E-state index >= 15 is 0 Å². The van der Waals surface area contributed by atoms with Gasteiger partial charge in [-0.3, -0.25) is 4.68 Å². The molecule has 0 radical (unpaired) electrons. The molecule has 140 valence electrons. The first kappa shape index (κ1) is 17.6. The van der Waals surface area contributed by atoms with E-state index < -0.39 is 0 Å². The molecule has 0 bridgehead atoms. The van der Waals surface area contributed by atoms with Crippen molar-refractivity contribution >= 4 is 5.69 Å². The van der Waals surface area contributed by atoms with Crippen LogP contribution in [0.15, 0.2) is 54.6 Å². The van der Waals surface area contributed by atoms with Crippen LogP contribution in [0.4, 0.5) is 5.69 Å². The maximum atomic E-state index is 9.60. The summed E-state index contributed by atoms with van der Waals surface area (Å²) in [5, 5.41) is 14.2. The fraction of sp³-hybridized carbons (Fsp3) is 0.318. The van der Waals surface area contributed by atoms with Gasteiger partial charge in [0.15, 0.2) is 0 Å². The molecule has 4 rings (SSSR count). The quantitative estimate of drug-likeness (QED) is 0.695. The van der Waals surface area contributed by atoms with Crippen molar-refractivity contribution in [3.63, 3.8) is 0 Å². The Hall–Kier alpha value is -2.79. The van der Waals surface area contributed by atoms with Gasteiger partial charge in [-0.15, -0.1) is 0 Å². The third-order valence-electron chi connectivity index (χ3n) is 4.74. The maximum Gasteiger partial charge on any atom is 0.120 e. The number of ether oxygens (including phenoxy) is 1. The summed E-state index contributed by atoms with van der Waals surface area (Å²) in [6.07, 6.45) is 2.64. The molecule has 1 fully saturated rings. The van der Waals surface area contributed by atoms with E-state index in [4.69, 9.17) is 4.74 Å². The number of nitrogens with zero attached hydrogens (tertiary/aromatic N) is 3. The van der Waals surface area contributed by atoms with Gasteiger partial charge in [0, 0.05) is 25.3 Å². The third kappa shape index (κ3) is 3.98. The van der Waals surface area contributed by atoms with Crippen LogP contribution in [-0.4, -0.2) is 35.1 Å². The minimum atomic E-state index is -0.0758. The fourth-order valence-corrected chi connectivity index (χ4v) is 3.25. The molecule has 0 unspecified atom stereocenters. The van der Waals surface area contributed by atoms with Crippen LogP contribution in [0.5, 0.6) is 5.75 Å². The molecule has 0 aliphatic heterocycles. The molecule has 1 N–H and O–H groups in total. The number of aliphatic hydroxyl groups excluding tert-OH is 1. The van der Waals surface area contributed by atoms with Crippen LogP contribution in [0, 0.1) is 0 Å². The van der Waals surface area contributed by atoms with Crippen LogP contribution in [0.2, 0.25) is 0 Å². The molecule has 1 saturated carbocycles. The Labute approximate surface area is 159 Å². The lowest BCUT2D eigenvalue weighted by Gasteiger charge is -2.18. The Kier molecular flexibility index (Phi) is 4.86. The zero-order valence-corrected chi connectivity index (χ0v) is 15.8. The number of rotatable bonds is 7. The van der Waals surface area contributed by atoms with Gasteiger partial charge in [0.25, 0.3) is 0 Å². The Balaban J connectivity index is 1.69. The van der Waals surface area contributed by atoms with E-state index in [2.05, 4.69) is 34.3 Å². The average Bonchev–Trinajstić information content (AvgIpc) is 3.39. The van der Waals surface area contributed by atoms with Gasteiger partial charge in [0.05, 0.1) is 30.6 Å². The summed E-state index contributed by atoms with van der Waals surface area (Å²) >= 11 is 0. The number of aromatic nitrogens is 2. The third-order valence-corrected chi connectivity index (χ3v) is 4.74. The summed E-state index contributed by atoms with van der Waals surface area (Å²) in [5.41, 5.74) is 5.04. The Morgan fingerprint density at radius 2 is 1.93 bits per heavy atom. The van der Waals surface area contributed by atoms with Crippen molar-refractivity contribution in [1.82, 2.24) is 9.78 Å². The number of aliphatic hydroxyl groups is 1. The van der Waals surface area contributed by atoms with Gasteiger partial charge in [0.1, 0.15) is 5.75 Å². The molecule has 1 aliphatic carbocycles. The van der Waals surface area contributed by atoms with E-state index in [0.29, 0.717) is 18.3 Å². The van der Waals surface area contributed by atoms with Gasteiger partial charge < -0.3 is 14.7 Å². The molecule has 5 nitrogen and oxygen atoms in total. The van der Waals surface area contributed by atoms with Gasteiger partial charge in [-0.2, -0.15) is 5.10 Å². The second kappa shape index (κ2) is 7.45. The Bertz CT molecular complexity index is 929. The van der Waals surface area contributed by atoms with Crippen LogP contribution in [0.3, 0.4) is 0 Å². The van der Waals surface area contributed by atoms with E-state index in [1.807, 2.05) is 49.1 Å². The summed E-state index contributed by atoms with van der Waals surface area (Å²) in [5.74, 6) is 0.891. The lowest BCUT2D eigenvalue weighted by Crippen LogP contribution is -2.13. The summed E-state index contributed by atoms with van der Waals surface area (Å²) < 4.78 is 7.91. The largest absolute Gasteiger partial charge is 0.490 e. The fourth-order valence-electron chi connectivity index (χ4n) is 3.25. The van der Waals surface area contributed by atoms with E-state index in [1.54, 1.807) is 0 Å². The lowest BCUT2D eigenvalue weighted by atomic mass is 10.1. The van der Waals surface area contributed by atoms with Crippen molar-refractivity contribution in [3.8, 4) is 17.0 Å². The Morgan fingerprint density at radius 1 is 1.11 bits per heavy atom. The van der Waals surface area contributed by atoms with E-state index in [9.17, 15) is 5.11 Å². The van der Waals surface area contributed by atoms with Crippen LogP contribution in [0.25, 0.3) is 11.3 Å². The smallest absolute Gasteiger partial charge is 0.120 e. The van der Waals surface area contributed by atoms with Crippen molar-refractivity contribution in [3.05, 3.63) is 65.9 Å². The topological polar surface area (TPSA) is 50.5 Å². The zero-order valence-electron chi connectivity index (χ0n) is 15.8. The minimum absolute atomic E-state index is 0.0758. The standard InChI is InChI=1S/C22H25N3O2/c1-24(2)21-9-4-3-6-17(21)14-25-22(13-18(15-26)23-25)16-7-5-8-20(12-16)27-19-10-11-19/h3-9,12-13,19,26H,10-11,14-15H2,1-2H3. The highest BCUT2D eigenvalue weighted by Crippen LogP contribution is 2.31. The minimum Gasteiger partial charge on any atom is -0.490 e. The molecular weight excluding hydrogens is 338 g/mol. The van der Waals surface area contributed by atoms with Gasteiger partial charge in [-0.25, -0.2) is 0 Å². The van der Waals surface area contributed by atoms with Crippen molar-refractivity contribution in [2.45, 2.75) is 32.1 Å². The molecule has 5 heteroatoms. The van der Waals surface area contributed by atoms with Crippen LogP contribution in [-0.2, 0) is 13.2 Å². The summed E-state index contributed by atoms with van der Waals surface area (Å²) in [7, 11) is 4.08. The number of benzene rings is 2. The van der Waals surface area contributed by atoms with E-state index in [0.717, 1.165) is 35.5 Å². The second-order valence-electron chi connectivity index (χ2n) is 7.20. The summed E-state index contributed by atoms with van der Waals surface area (Å²) in [4.78, 5) is 2.11. The molecule has 0 saturated heterocycles. The summed E-state index contributed by atoms with van der Waals surface area (Å²) in [6, 6.07) is 18.4. The monoisotopic (exact) mass is 363 g/mol. The highest BCUT2D eigenvalue weighted by molar-refractivity contribution is 5.63. The first-order valence-electron chi connectivity index (χ1n) is 9.34. The van der Waals surface area contributed by atoms with Crippen molar-refractivity contribution < 1.29 is 9.84 Å². The maximum absolute atomic E-state index is 9.60. The van der Waals surface area contributed by atoms with Gasteiger partial charge in [-0.1, -0.05) is 30.3 Å². The van der Waals surface area contributed by atoms with Crippen molar-refractivity contribution in [1.29, 1.82) is 0 Å². The van der Waals surface area contributed by atoms with Crippen LogP contribution >= 0.6 is 0 Å². The molecule has 3 aromatic rings. The molecule has 0 amide bonds. The number of para-hydroxylation sites is 1. The van der Waals surface area contributed by atoms with Crippen LogP contribution in [0.1, 0.15) is 24.1 Å². The van der Waals surface area contributed by atoms with Gasteiger partial charge in [-0.05, 0) is 42.7 Å². The molecular formula is C22H25N3O2. The van der Waals surface area contributed by atoms with Crippen molar-refractivity contribution in [2.24, 2.45) is 0 Å². The number of hydrogen-bond acceptors (Lipinski definition) is 4. The molecule has 1 aromatic heterocycles. The second-order valence-corrected chi connectivity index (χ2v) is 7.20. The SMILES string of the molecule is CN(C)c1ccccc1Cn1nc(CO)cc1-c1cccc(OC2CC2)c1. The molecule has 27 heavy (non-hydrogen) atoms. The average molecular weight is 363 g/mol. The Morgan fingerprint density at radius 3 is 2.67 bits per heavy atom. The van der Waals surface area contributed by atoms with Gasteiger partial charge >= 0.3 is 0 Å². The molecule has 1 heterocycles. The first-order chi connectivity index (χ1) is 13.1. The number of anilines is 1. The lowest BCUT2D eigenvalue weighted by molar-refractivity contribution is 0.275. The van der Waals surface area contributed by atoms with E-state index in [1.165, 1.54) is 5.56 Å². The molecule has 0 spiro atoms. The normalized spacial score (nSPS) is 13.6. The molecule has 1 aliphatic rings. The molecule has 2 aromatic carbocycles. The summed E-state index contributed by atoms with van der Waals surface area (Å²) in [6.45, 7) is 0.561. The van der Waals surface area contributed by atoms with Crippen molar-refractivity contribution in [2.75, 3.05) is 19.0 Å². The highest BCUT2D eigenvalue weighted by Gasteiger charge is 2.23. The highest BCUT2D eigenvalue weighted by atomic mass is 16.5. The van der Waals surface area contributed by atoms with Crippen LogP contribution < -0.4 is 9.64 Å². The first-order valence-corrected chi connectivity index (χ1v) is 9.34. The van der Waals surface area contributed by atoms with E-state index in [-0.39, 0.29) is 6.61 Å². The number of hydrogen-bond donors (Lipinski definition) is 1. The zero-order chi connectivity index (χ0) is 18.8.